The monoisotopic (exact) mass is 367 g/mol. The standard InChI is InChI=1S/C18H29N3O3S/c1-6-25-17(20-14(5)19-11-13(4)22)15-7-9-16(10-8-15)21-18(23)24-12(2)3/h7-10,12-14,19,22H,6,11H2,1-5H3,(H,21,23)/b20-17-. The summed E-state index contributed by atoms with van der Waals surface area (Å²) in [4.78, 5) is 16.3. The first kappa shape index (κ1) is 21.5. The zero-order valence-electron chi connectivity index (χ0n) is 15.6. The van der Waals surface area contributed by atoms with Crippen LogP contribution in [0.5, 0.6) is 0 Å². The fourth-order valence-electron chi connectivity index (χ4n) is 1.95. The van der Waals surface area contributed by atoms with Crippen LogP contribution in [-0.2, 0) is 4.74 Å². The molecule has 1 aromatic rings. The normalized spacial score (nSPS) is 14.3. The van der Waals surface area contributed by atoms with E-state index < -0.39 is 12.2 Å². The molecule has 1 rings (SSSR count). The molecule has 0 radical (unpaired) electrons. The Morgan fingerprint density at radius 3 is 2.40 bits per heavy atom. The Morgan fingerprint density at radius 2 is 1.88 bits per heavy atom. The number of carbonyl (C=O) groups excluding carboxylic acids is 1. The molecular weight excluding hydrogens is 338 g/mol. The Labute approximate surface area is 154 Å². The van der Waals surface area contributed by atoms with E-state index in [4.69, 9.17) is 4.74 Å². The fourth-order valence-corrected chi connectivity index (χ4v) is 2.76. The minimum Gasteiger partial charge on any atom is -0.447 e. The maximum Gasteiger partial charge on any atom is 0.411 e. The predicted octanol–water partition coefficient (Wildman–Crippen LogP) is 3.46. The number of benzene rings is 1. The van der Waals surface area contributed by atoms with Gasteiger partial charge in [-0.05, 0) is 45.6 Å². The van der Waals surface area contributed by atoms with Gasteiger partial charge in [0.15, 0.2) is 0 Å². The number of aliphatic imine (C=N–C) groups is 1. The number of thioether (sulfide) groups is 1. The number of hydrogen-bond donors (Lipinski definition) is 3. The number of hydrogen-bond acceptors (Lipinski definition) is 6. The molecular formula is C18H29N3O3S. The third-order valence-electron chi connectivity index (χ3n) is 3.02. The molecule has 1 amide bonds. The van der Waals surface area contributed by atoms with Crippen LogP contribution in [0.2, 0.25) is 0 Å². The highest BCUT2D eigenvalue weighted by Crippen LogP contribution is 2.18. The molecule has 2 unspecified atom stereocenters. The van der Waals surface area contributed by atoms with Crippen LogP contribution in [-0.4, -0.2) is 46.9 Å². The Balaban J connectivity index is 2.78. The number of amides is 1. The number of ether oxygens (including phenoxy) is 1. The van der Waals surface area contributed by atoms with Crippen LogP contribution < -0.4 is 10.6 Å². The minimum atomic E-state index is -0.462. The number of nitrogens with one attached hydrogen (secondary N) is 2. The summed E-state index contributed by atoms with van der Waals surface area (Å²) >= 11 is 1.66. The average molecular weight is 368 g/mol. The van der Waals surface area contributed by atoms with E-state index in [1.54, 1.807) is 32.5 Å². The number of anilines is 1. The molecule has 25 heavy (non-hydrogen) atoms. The van der Waals surface area contributed by atoms with Crippen LogP contribution in [0.25, 0.3) is 0 Å². The summed E-state index contributed by atoms with van der Waals surface area (Å²) in [5, 5.41) is 16.1. The second-order valence-electron chi connectivity index (χ2n) is 5.96. The van der Waals surface area contributed by atoms with E-state index in [1.165, 1.54) is 0 Å². The Bertz CT molecular complexity index is 559. The van der Waals surface area contributed by atoms with Crippen LogP contribution in [0.3, 0.4) is 0 Å². The molecule has 0 spiro atoms. The summed E-state index contributed by atoms with van der Waals surface area (Å²) in [6.45, 7) is 9.87. The molecule has 0 fully saturated rings. The van der Waals surface area contributed by atoms with Gasteiger partial charge in [-0.1, -0.05) is 19.1 Å². The van der Waals surface area contributed by atoms with Crippen molar-refractivity contribution in [2.75, 3.05) is 17.6 Å². The van der Waals surface area contributed by atoms with E-state index in [9.17, 15) is 9.90 Å². The SMILES string of the molecule is CCS/C(=N\C(C)NCC(C)O)c1ccc(NC(=O)OC(C)C)cc1. The number of aliphatic hydroxyl groups is 1. The smallest absolute Gasteiger partial charge is 0.411 e. The molecule has 3 N–H and O–H groups in total. The molecule has 0 heterocycles. The van der Waals surface area contributed by atoms with Crippen LogP contribution in [0.1, 0.15) is 40.2 Å². The highest BCUT2D eigenvalue weighted by molar-refractivity contribution is 8.14. The number of carbonyl (C=O) groups is 1. The maximum atomic E-state index is 11.6. The predicted molar refractivity (Wildman–Crippen MR) is 105 cm³/mol. The molecule has 140 valence electrons. The maximum absolute atomic E-state index is 11.6. The van der Waals surface area contributed by atoms with Crippen LogP contribution in [0.15, 0.2) is 29.3 Å². The van der Waals surface area contributed by atoms with Gasteiger partial charge in [-0.25, -0.2) is 4.79 Å². The van der Waals surface area contributed by atoms with Crippen molar-refractivity contribution >= 4 is 28.6 Å². The van der Waals surface area contributed by atoms with E-state index in [1.807, 2.05) is 31.2 Å². The van der Waals surface area contributed by atoms with Gasteiger partial charge in [0.1, 0.15) is 0 Å². The van der Waals surface area contributed by atoms with Crippen molar-refractivity contribution in [3.63, 3.8) is 0 Å². The van der Waals surface area contributed by atoms with Crippen molar-refractivity contribution in [2.24, 2.45) is 4.99 Å². The molecule has 0 aromatic heterocycles. The number of nitrogens with zero attached hydrogens (tertiary/aromatic N) is 1. The molecule has 0 bridgehead atoms. The van der Waals surface area contributed by atoms with E-state index in [2.05, 4.69) is 22.5 Å². The van der Waals surface area contributed by atoms with Gasteiger partial charge in [0, 0.05) is 17.8 Å². The summed E-state index contributed by atoms with van der Waals surface area (Å²) in [6.07, 6.45) is -1.12. The van der Waals surface area contributed by atoms with Crippen molar-refractivity contribution in [3.8, 4) is 0 Å². The molecule has 0 saturated heterocycles. The molecule has 0 saturated carbocycles. The zero-order chi connectivity index (χ0) is 18.8. The van der Waals surface area contributed by atoms with Crippen molar-refractivity contribution in [2.45, 2.75) is 53.0 Å². The lowest BCUT2D eigenvalue weighted by Gasteiger charge is -2.14. The molecule has 1 aromatic carbocycles. The van der Waals surface area contributed by atoms with Gasteiger partial charge in [-0.15, -0.1) is 11.8 Å². The topological polar surface area (TPSA) is 83.0 Å². The first-order chi connectivity index (χ1) is 11.8. The van der Waals surface area contributed by atoms with Crippen LogP contribution in [0.4, 0.5) is 10.5 Å². The Kier molecular flexibility index (Phi) is 9.55. The molecule has 0 aliphatic carbocycles. The fraction of sp³-hybridized carbons (Fsp3) is 0.556. The Morgan fingerprint density at radius 1 is 1.24 bits per heavy atom. The second kappa shape index (κ2) is 11.1. The quantitative estimate of drug-likeness (QED) is 0.484. The first-order valence-electron chi connectivity index (χ1n) is 8.52. The number of rotatable bonds is 8. The second-order valence-corrected chi connectivity index (χ2v) is 7.21. The van der Waals surface area contributed by atoms with Gasteiger partial charge in [0.2, 0.25) is 0 Å². The zero-order valence-corrected chi connectivity index (χ0v) is 16.4. The van der Waals surface area contributed by atoms with Gasteiger partial charge < -0.3 is 9.84 Å². The Hall–Kier alpha value is -1.57. The third kappa shape index (κ3) is 8.90. The number of aliphatic hydroxyl groups excluding tert-OH is 1. The summed E-state index contributed by atoms with van der Waals surface area (Å²) in [6, 6.07) is 7.51. The van der Waals surface area contributed by atoms with Crippen molar-refractivity contribution in [1.82, 2.24) is 5.32 Å². The average Bonchev–Trinajstić information content (AvgIpc) is 2.52. The van der Waals surface area contributed by atoms with E-state index in [-0.39, 0.29) is 12.3 Å². The molecule has 2 atom stereocenters. The van der Waals surface area contributed by atoms with E-state index >= 15 is 0 Å². The van der Waals surface area contributed by atoms with Crippen LogP contribution in [0, 0.1) is 0 Å². The highest BCUT2D eigenvalue weighted by Gasteiger charge is 2.09. The lowest BCUT2D eigenvalue weighted by Crippen LogP contribution is -2.31. The van der Waals surface area contributed by atoms with Gasteiger partial charge in [0.25, 0.3) is 0 Å². The lowest BCUT2D eigenvalue weighted by molar-refractivity contribution is 0.130. The molecule has 0 aliphatic rings. The van der Waals surface area contributed by atoms with Gasteiger partial charge in [-0.2, -0.15) is 0 Å². The van der Waals surface area contributed by atoms with Crippen molar-refractivity contribution in [1.29, 1.82) is 0 Å². The van der Waals surface area contributed by atoms with Gasteiger partial charge >= 0.3 is 6.09 Å². The van der Waals surface area contributed by atoms with Crippen LogP contribution >= 0.6 is 11.8 Å². The first-order valence-corrected chi connectivity index (χ1v) is 9.50. The summed E-state index contributed by atoms with van der Waals surface area (Å²) < 4.78 is 5.06. The highest BCUT2D eigenvalue weighted by atomic mass is 32.2. The van der Waals surface area contributed by atoms with E-state index in [0.29, 0.717) is 12.2 Å². The van der Waals surface area contributed by atoms with Gasteiger partial charge in [0.05, 0.1) is 23.4 Å². The summed E-state index contributed by atoms with van der Waals surface area (Å²) in [5.41, 5.74) is 1.66. The largest absolute Gasteiger partial charge is 0.447 e. The molecule has 7 heteroatoms. The van der Waals surface area contributed by atoms with Crippen molar-refractivity contribution in [3.05, 3.63) is 29.8 Å². The molecule has 0 aliphatic heterocycles. The summed E-state index contributed by atoms with van der Waals surface area (Å²) in [5.74, 6) is 0.905. The van der Waals surface area contributed by atoms with Crippen molar-refractivity contribution < 1.29 is 14.6 Å². The van der Waals surface area contributed by atoms with E-state index in [0.717, 1.165) is 16.4 Å². The minimum absolute atomic E-state index is 0.0949. The molecule has 6 nitrogen and oxygen atoms in total. The lowest BCUT2D eigenvalue weighted by atomic mass is 10.2. The van der Waals surface area contributed by atoms with Gasteiger partial charge in [-0.3, -0.25) is 15.6 Å². The summed E-state index contributed by atoms with van der Waals surface area (Å²) in [7, 11) is 0. The third-order valence-corrected chi connectivity index (χ3v) is 3.92.